The molecule has 10 nitrogen and oxygen atoms in total. The van der Waals surface area contributed by atoms with E-state index in [9.17, 15) is 9.59 Å². The number of rotatable bonds is 6. The number of carbonyl (C=O) groups is 2. The zero-order chi connectivity index (χ0) is 21.6. The van der Waals surface area contributed by atoms with Crippen molar-refractivity contribution < 1.29 is 14.3 Å². The Morgan fingerprint density at radius 2 is 1.84 bits per heavy atom. The number of ether oxygens (including phenoxy) is 1. The van der Waals surface area contributed by atoms with E-state index < -0.39 is 0 Å². The van der Waals surface area contributed by atoms with Crippen molar-refractivity contribution in [3.8, 4) is 5.82 Å². The van der Waals surface area contributed by atoms with Gasteiger partial charge in [-0.3, -0.25) is 4.79 Å². The number of anilines is 2. The van der Waals surface area contributed by atoms with Crippen molar-refractivity contribution >= 4 is 23.4 Å². The summed E-state index contributed by atoms with van der Waals surface area (Å²) in [6, 6.07) is 8.59. The third-order valence-electron chi connectivity index (χ3n) is 5.15. The summed E-state index contributed by atoms with van der Waals surface area (Å²) in [6.45, 7) is 3.52. The van der Waals surface area contributed by atoms with Gasteiger partial charge in [-0.05, 0) is 44.0 Å². The maximum absolute atomic E-state index is 12.7. The number of amides is 1. The lowest BCUT2D eigenvalue weighted by atomic mass is 9.95. The highest BCUT2D eigenvalue weighted by Gasteiger charge is 2.26. The molecule has 0 spiro atoms. The molecule has 0 bridgehead atoms. The number of esters is 1. The second-order valence-electron chi connectivity index (χ2n) is 7.12. The van der Waals surface area contributed by atoms with Crippen LogP contribution in [-0.2, 0) is 9.53 Å². The average Bonchev–Trinajstić information content (AvgIpc) is 3.35. The zero-order valence-electron chi connectivity index (χ0n) is 17.1. The molecule has 10 heteroatoms. The van der Waals surface area contributed by atoms with Gasteiger partial charge in [-0.15, -0.1) is 0 Å². The molecule has 1 saturated heterocycles. The van der Waals surface area contributed by atoms with Crippen molar-refractivity contribution in [1.29, 1.82) is 0 Å². The third kappa shape index (κ3) is 4.85. The molecule has 160 valence electrons. The van der Waals surface area contributed by atoms with Crippen LogP contribution in [0.4, 0.5) is 11.5 Å². The minimum atomic E-state index is -0.371. The molecule has 2 aromatic heterocycles. The van der Waals surface area contributed by atoms with Gasteiger partial charge < -0.3 is 15.0 Å². The Morgan fingerprint density at radius 3 is 2.52 bits per heavy atom. The summed E-state index contributed by atoms with van der Waals surface area (Å²) in [5.74, 6) is 0.971. The maximum atomic E-state index is 12.7. The van der Waals surface area contributed by atoms with Gasteiger partial charge in [-0.25, -0.2) is 24.4 Å². The van der Waals surface area contributed by atoms with E-state index in [1.54, 1.807) is 42.2 Å². The van der Waals surface area contributed by atoms with Gasteiger partial charge in [0, 0.05) is 30.8 Å². The van der Waals surface area contributed by atoms with Gasteiger partial charge in [-0.1, -0.05) is 0 Å². The van der Waals surface area contributed by atoms with Crippen LogP contribution in [-0.4, -0.2) is 56.3 Å². The summed E-state index contributed by atoms with van der Waals surface area (Å²) in [7, 11) is 0. The highest BCUT2D eigenvalue weighted by molar-refractivity contribution is 5.94. The normalized spacial score (nSPS) is 14.3. The Bertz CT molecular complexity index is 1030. The molecule has 1 aromatic carbocycles. The molecule has 31 heavy (non-hydrogen) atoms. The topological polar surface area (TPSA) is 115 Å². The van der Waals surface area contributed by atoms with E-state index in [4.69, 9.17) is 4.74 Å². The third-order valence-corrected chi connectivity index (χ3v) is 5.15. The molecule has 1 N–H and O–H groups in total. The smallest absolute Gasteiger partial charge is 0.338 e. The summed E-state index contributed by atoms with van der Waals surface area (Å²) >= 11 is 0. The maximum Gasteiger partial charge on any atom is 0.338 e. The molecule has 1 amide bonds. The van der Waals surface area contributed by atoms with Crippen molar-refractivity contribution in [2.45, 2.75) is 19.8 Å². The highest BCUT2D eigenvalue weighted by atomic mass is 16.5. The van der Waals surface area contributed by atoms with Gasteiger partial charge in [0.1, 0.15) is 24.8 Å². The van der Waals surface area contributed by atoms with Crippen molar-refractivity contribution in [3.63, 3.8) is 0 Å². The molecule has 1 aliphatic heterocycles. The van der Waals surface area contributed by atoms with E-state index in [1.165, 1.54) is 12.7 Å². The molecule has 1 fully saturated rings. The lowest BCUT2D eigenvalue weighted by Gasteiger charge is -2.32. The number of aromatic nitrogens is 5. The fraction of sp³-hybridized carbons (Fsp3) is 0.333. The fourth-order valence-corrected chi connectivity index (χ4v) is 3.48. The first kappa shape index (κ1) is 20.5. The molecule has 0 aliphatic carbocycles. The van der Waals surface area contributed by atoms with Crippen LogP contribution < -0.4 is 10.2 Å². The zero-order valence-corrected chi connectivity index (χ0v) is 17.1. The van der Waals surface area contributed by atoms with Crippen LogP contribution in [0.1, 0.15) is 30.1 Å². The highest BCUT2D eigenvalue weighted by Crippen LogP contribution is 2.24. The molecule has 3 aromatic rings. The summed E-state index contributed by atoms with van der Waals surface area (Å²) in [5.41, 5.74) is 1.12. The van der Waals surface area contributed by atoms with Crippen LogP contribution in [0.2, 0.25) is 0 Å². The van der Waals surface area contributed by atoms with Crippen LogP contribution in [0.25, 0.3) is 5.82 Å². The summed E-state index contributed by atoms with van der Waals surface area (Å²) < 4.78 is 6.55. The number of nitrogens with zero attached hydrogens (tertiary/aromatic N) is 6. The molecule has 4 rings (SSSR count). The van der Waals surface area contributed by atoms with Crippen LogP contribution in [0, 0.1) is 5.92 Å². The predicted octanol–water partition coefficient (Wildman–Crippen LogP) is 2.09. The second-order valence-corrected chi connectivity index (χ2v) is 7.12. The van der Waals surface area contributed by atoms with Crippen molar-refractivity contribution in [2.24, 2.45) is 5.92 Å². The first-order valence-electron chi connectivity index (χ1n) is 10.1. The Kier molecular flexibility index (Phi) is 6.16. The van der Waals surface area contributed by atoms with E-state index in [-0.39, 0.29) is 17.8 Å². The van der Waals surface area contributed by atoms with E-state index in [1.807, 2.05) is 6.07 Å². The number of hydrogen-bond acceptors (Lipinski definition) is 8. The minimum Gasteiger partial charge on any atom is -0.462 e. The Morgan fingerprint density at radius 1 is 1.10 bits per heavy atom. The van der Waals surface area contributed by atoms with Gasteiger partial charge in [0.25, 0.3) is 0 Å². The van der Waals surface area contributed by atoms with Crippen molar-refractivity contribution in [1.82, 2.24) is 24.7 Å². The number of hydrogen-bond donors (Lipinski definition) is 1. The van der Waals surface area contributed by atoms with Crippen LogP contribution in [0.3, 0.4) is 0 Å². The molecular weight excluding hydrogens is 398 g/mol. The fourth-order valence-electron chi connectivity index (χ4n) is 3.48. The summed E-state index contributed by atoms with van der Waals surface area (Å²) in [6.07, 6.45) is 5.98. The van der Waals surface area contributed by atoms with Gasteiger partial charge in [0.15, 0.2) is 5.82 Å². The van der Waals surface area contributed by atoms with E-state index >= 15 is 0 Å². The Hall–Kier alpha value is -3.82. The van der Waals surface area contributed by atoms with Gasteiger partial charge in [0.05, 0.1) is 12.2 Å². The molecular formula is C21H23N7O3. The molecule has 0 radical (unpaired) electrons. The Balaban J connectivity index is 1.32. The number of piperidine rings is 1. The quantitative estimate of drug-likeness (QED) is 0.602. The number of benzene rings is 1. The molecule has 0 saturated carbocycles. The lowest BCUT2D eigenvalue weighted by Crippen LogP contribution is -2.38. The molecule has 3 heterocycles. The van der Waals surface area contributed by atoms with Crippen molar-refractivity contribution in [2.75, 3.05) is 29.9 Å². The predicted molar refractivity (Wildman–Crippen MR) is 113 cm³/mol. The van der Waals surface area contributed by atoms with Crippen LogP contribution in [0.5, 0.6) is 0 Å². The van der Waals surface area contributed by atoms with Crippen molar-refractivity contribution in [3.05, 3.63) is 54.9 Å². The van der Waals surface area contributed by atoms with Crippen LogP contribution in [0.15, 0.2) is 49.3 Å². The minimum absolute atomic E-state index is 0.0190. The van der Waals surface area contributed by atoms with Crippen LogP contribution >= 0.6 is 0 Å². The Labute approximate surface area is 179 Å². The first-order valence-corrected chi connectivity index (χ1v) is 10.1. The SMILES string of the molecule is CCOC(=O)c1ccc(NC(=O)C2CCN(c3cc(-n4cncn4)ncn3)CC2)cc1. The average molecular weight is 421 g/mol. The monoisotopic (exact) mass is 421 g/mol. The molecule has 0 atom stereocenters. The van der Waals surface area contributed by atoms with Gasteiger partial charge >= 0.3 is 5.97 Å². The second kappa shape index (κ2) is 9.33. The lowest BCUT2D eigenvalue weighted by molar-refractivity contribution is -0.120. The molecule has 1 aliphatic rings. The number of nitrogens with one attached hydrogen (secondary N) is 1. The summed E-state index contributed by atoms with van der Waals surface area (Å²) in [4.78, 5) is 39.1. The van der Waals surface area contributed by atoms with E-state index in [0.29, 0.717) is 36.8 Å². The van der Waals surface area contributed by atoms with E-state index in [0.717, 1.165) is 18.7 Å². The largest absolute Gasteiger partial charge is 0.462 e. The van der Waals surface area contributed by atoms with E-state index in [2.05, 4.69) is 30.3 Å². The first-order chi connectivity index (χ1) is 15.1. The molecule has 0 unspecified atom stereocenters. The van der Waals surface area contributed by atoms with Gasteiger partial charge in [0.2, 0.25) is 5.91 Å². The number of carbonyl (C=O) groups excluding carboxylic acids is 2. The van der Waals surface area contributed by atoms with Gasteiger partial charge in [-0.2, -0.15) is 5.10 Å². The standard InChI is InChI=1S/C21H23N7O3/c1-2-31-21(30)16-3-5-17(6-4-16)26-20(29)15-7-9-27(10-8-15)18-11-19(24-13-23-18)28-14-22-12-25-28/h3-6,11-15H,2,7-10H2,1H3,(H,26,29). The summed E-state index contributed by atoms with van der Waals surface area (Å²) in [5, 5.41) is 7.03.